The summed E-state index contributed by atoms with van der Waals surface area (Å²) in [5, 5.41) is 0.704. The quantitative estimate of drug-likeness (QED) is 0.478. The molecule has 0 saturated heterocycles. The molecule has 0 atom stereocenters. The normalized spacial score (nSPS) is 11.5. The lowest BCUT2D eigenvalue weighted by atomic mass is 10.0. The molecule has 1 N–H and O–H groups in total. The van der Waals surface area contributed by atoms with E-state index in [0.717, 1.165) is 23.2 Å². The number of benzene rings is 2. The molecule has 152 valence electrons. The number of ketones is 1. The molecule has 0 saturated carbocycles. The maximum absolute atomic E-state index is 13.4. The van der Waals surface area contributed by atoms with Gasteiger partial charge in [-0.15, -0.1) is 0 Å². The van der Waals surface area contributed by atoms with Crippen molar-refractivity contribution in [3.63, 3.8) is 0 Å². The number of nitrogens with one attached hydrogen (secondary N) is 1. The standard InChI is InChI=1S/C22H18N2O4S2/c1-14-7-6-8-15(13-14)20(26)19-17-11-12-18(25)24(16-9-4-3-5-10-16)22(17)29-21(19)23-30(2,27)28/h3-13,23H,1-2H3. The van der Waals surface area contributed by atoms with E-state index in [2.05, 4.69) is 4.72 Å². The third-order valence-corrected chi connectivity index (χ3v) is 6.35. The van der Waals surface area contributed by atoms with Gasteiger partial charge in [-0.3, -0.25) is 18.9 Å². The van der Waals surface area contributed by atoms with Crippen LogP contribution in [-0.4, -0.2) is 25.0 Å². The lowest BCUT2D eigenvalue weighted by molar-refractivity contribution is 0.104. The minimum Gasteiger partial charge on any atom is -0.288 e. The monoisotopic (exact) mass is 438 g/mol. The Balaban J connectivity index is 2.04. The third kappa shape index (κ3) is 3.79. The highest BCUT2D eigenvalue weighted by Gasteiger charge is 2.24. The molecule has 30 heavy (non-hydrogen) atoms. The van der Waals surface area contributed by atoms with E-state index in [1.165, 1.54) is 10.6 Å². The zero-order valence-corrected chi connectivity index (χ0v) is 17.9. The fraction of sp³-hybridized carbons (Fsp3) is 0.0909. The van der Waals surface area contributed by atoms with Crippen LogP contribution in [0.5, 0.6) is 0 Å². The Labute approximate surface area is 177 Å². The van der Waals surface area contributed by atoms with Crippen molar-refractivity contribution >= 4 is 42.4 Å². The van der Waals surface area contributed by atoms with Crippen LogP contribution in [0.4, 0.5) is 5.00 Å². The van der Waals surface area contributed by atoms with E-state index in [4.69, 9.17) is 0 Å². The van der Waals surface area contributed by atoms with E-state index in [1.54, 1.807) is 36.4 Å². The number of carbonyl (C=O) groups excluding carboxylic acids is 1. The average molecular weight is 439 g/mol. The van der Waals surface area contributed by atoms with Gasteiger partial charge in [-0.05, 0) is 31.2 Å². The van der Waals surface area contributed by atoms with Gasteiger partial charge in [0.25, 0.3) is 5.56 Å². The van der Waals surface area contributed by atoms with Crippen molar-refractivity contribution in [1.82, 2.24) is 4.57 Å². The lowest BCUT2D eigenvalue weighted by Gasteiger charge is -2.08. The number of aryl methyl sites for hydroxylation is 1. The fourth-order valence-electron chi connectivity index (χ4n) is 3.30. The minimum absolute atomic E-state index is 0.189. The highest BCUT2D eigenvalue weighted by Crippen LogP contribution is 2.38. The number of thiophene rings is 1. The summed E-state index contributed by atoms with van der Waals surface area (Å²) < 4.78 is 27.9. The van der Waals surface area contributed by atoms with Crippen molar-refractivity contribution < 1.29 is 13.2 Å². The Bertz CT molecular complexity index is 1440. The largest absolute Gasteiger partial charge is 0.288 e. The second-order valence-corrected chi connectivity index (χ2v) is 9.69. The third-order valence-electron chi connectivity index (χ3n) is 4.54. The van der Waals surface area contributed by atoms with Crippen LogP contribution in [-0.2, 0) is 10.0 Å². The van der Waals surface area contributed by atoms with Crippen LogP contribution in [0, 0.1) is 6.92 Å². The van der Waals surface area contributed by atoms with Crippen LogP contribution >= 0.6 is 11.3 Å². The fourth-order valence-corrected chi connectivity index (χ4v) is 5.42. The number of sulfonamides is 1. The van der Waals surface area contributed by atoms with E-state index >= 15 is 0 Å². The SMILES string of the molecule is Cc1cccc(C(=O)c2c(NS(C)(=O)=O)sc3c2ccc(=O)n3-c2ccccc2)c1. The van der Waals surface area contributed by atoms with Crippen LogP contribution in [0.1, 0.15) is 21.5 Å². The van der Waals surface area contributed by atoms with Crippen molar-refractivity contribution in [2.75, 3.05) is 11.0 Å². The molecule has 0 fully saturated rings. The summed E-state index contributed by atoms with van der Waals surface area (Å²) in [4.78, 5) is 26.6. The number of nitrogens with zero attached hydrogens (tertiary/aromatic N) is 1. The minimum atomic E-state index is -3.64. The number of rotatable bonds is 5. The summed E-state index contributed by atoms with van der Waals surface area (Å²) in [5.41, 5.74) is 1.96. The number of anilines is 1. The summed E-state index contributed by atoms with van der Waals surface area (Å²) >= 11 is 1.07. The Hall–Kier alpha value is -3.23. The van der Waals surface area contributed by atoms with Gasteiger partial charge in [0, 0.05) is 17.0 Å². The summed E-state index contributed by atoms with van der Waals surface area (Å²) in [6.45, 7) is 1.88. The van der Waals surface area contributed by atoms with Crippen LogP contribution in [0.15, 0.2) is 71.5 Å². The van der Waals surface area contributed by atoms with Crippen LogP contribution < -0.4 is 10.3 Å². The summed E-state index contributed by atoms with van der Waals surface area (Å²) in [6, 6.07) is 19.1. The van der Waals surface area contributed by atoms with Gasteiger partial charge in [-0.1, -0.05) is 53.3 Å². The van der Waals surface area contributed by atoms with Crippen LogP contribution in [0.2, 0.25) is 0 Å². The molecule has 0 amide bonds. The first-order valence-electron chi connectivity index (χ1n) is 9.08. The molecule has 4 rings (SSSR count). The number of aromatic nitrogens is 1. The van der Waals surface area contributed by atoms with Gasteiger partial charge in [0.2, 0.25) is 10.0 Å². The number of carbonyl (C=O) groups is 1. The predicted molar refractivity (Wildman–Crippen MR) is 120 cm³/mol. The van der Waals surface area contributed by atoms with Crippen molar-refractivity contribution in [2.45, 2.75) is 6.92 Å². The van der Waals surface area contributed by atoms with Crippen molar-refractivity contribution in [1.29, 1.82) is 0 Å². The van der Waals surface area contributed by atoms with Crippen LogP contribution in [0.25, 0.3) is 15.9 Å². The number of pyridine rings is 1. The number of fused-ring (bicyclic) bond motifs is 1. The first-order chi connectivity index (χ1) is 14.2. The molecule has 0 aliphatic heterocycles. The molecule has 2 aromatic heterocycles. The molecular weight excluding hydrogens is 420 g/mol. The topological polar surface area (TPSA) is 85.2 Å². The second kappa shape index (κ2) is 7.55. The zero-order chi connectivity index (χ0) is 21.5. The van der Waals surface area contributed by atoms with E-state index in [-0.39, 0.29) is 21.9 Å². The maximum Gasteiger partial charge on any atom is 0.256 e. The highest BCUT2D eigenvalue weighted by atomic mass is 32.2. The van der Waals surface area contributed by atoms with E-state index < -0.39 is 10.0 Å². The Morgan fingerprint density at radius 2 is 1.73 bits per heavy atom. The molecule has 8 heteroatoms. The Morgan fingerprint density at radius 3 is 2.40 bits per heavy atom. The van der Waals surface area contributed by atoms with Gasteiger partial charge in [0.05, 0.1) is 17.5 Å². The summed E-state index contributed by atoms with van der Waals surface area (Å²) in [5.74, 6) is -0.311. The lowest BCUT2D eigenvalue weighted by Crippen LogP contribution is -2.16. The number of para-hydroxylation sites is 1. The smallest absolute Gasteiger partial charge is 0.256 e. The molecular formula is C22H18N2O4S2. The number of hydrogen-bond donors (Lipinski definition) is 1. The first-order valence-corrected chi connectivity index (χ1v) is 11.8. The maximum atomic E-state index is 13.4. The summed E-state index contributed by atoms with van der Waals surface area (Å²) in [6.07, 6.45) is 1.03. The average Bonchev–Trinajstić information content (AvgIpc) is 3.03. The molecule has 4 aromatic rings. The molecule has 0 spiro atoms. The summed E-state index contributed by atoms with van der Waals surface area (Å²) in [7, 11) is -3.64. The second-order valence-electron chi connectivity index (χ2n) is 6.94. The highest BCUT2D eigenvalue weighted by molar-refractivity contribution is 7.92. The van der Waals surface area contributed by atoms with Gasteiger partial charge < -0.3 is 0 Å². The Morgan fingerprint density at radius 1 is 1.00 bits per heavy atom. The molecule has 0 unspecified atom stereocenters. The molecule has 2 heterocycles. The van der Waals surface area contributed by atoms with E-state index in [0.29, 0.717) is 21.5 Å². The zero-order valence-electron chi connectivity index (χ0n) is 16.2. The molecule has 0 radical (unpaired) electrons. The Kier molecular flexibility index (Phi) is 5.05. The molecule has 2 aromatic carbocycles. The predicted octanol–water partition coefficient (Wildman–Crippen LogP) is 3.96. The van der Waals surface area contributed by atoms with Gasteiger partial charge in [-0.25, -0.2) is 8.42 Å². The van der Waals surface area contributed by atoms with Crippen molar-refractivity contribution in [3.05, 3.63) is 93.8 Å². The van der Waals surface area contributed by atoms with Gasteiger partial charge in [0.15, 0.2) is 5.78 Å². The van der Waals surface area contributed by atoms with Crippen molar-refractivity contribution in [2.24, 2.45) is 0 Å². The molecule has 0 aliphatic carbocycles. The van der Waals surface area contributed by atoms with Gasteiger partial charge in [0.1, 0.15) is 9.83 Å². The van der Waals surface area contributed by atoms with Crippen LogP contribution in [0.3, 0.4) is 0 Å². The number of hydrogen-bond acceptors (Lipinski definition) is 5. The molecule has 0 aliphatic rings. The van der Waals surface area contributed by atoms with Crippen molar-refractivity contribution in [3.8, 4) is 5.69 Å². The van der Waals surface area contributed by atoms with Gasteiger partial charge in [-0.2, -0.15) is 0 Å². The van der Waals surface area contributed by atoms with E-state index in [9.17, 15) is 18.0 Å². The molecule has 6 nitrogen and oxygen atoms in total. The first kappa shape index (κ1) is 20.1. The molecule has 0 bridgehead atoms. The van der Waals surface area contributed by atoms with E-state index in [1.807, 2.05) is 31.2 Å². The van der Waals surface area contributed by atoms with Gasteiger partial charge >= 0.3 is 0 Å².